The van der Waals surface area contributed by atoms with Gasteiger partial charge in [0.1, 0.15) is 0 Å². The first-order chi connectivity index (χ1) is 9.55. The molecular weight excluding hydrogens is 263 g/mol. The molecule has 0 aromatic heterocycles. The molecular formula is C16H12F3N. The molecule has 2 rings (SSSR count). The van der Waals surface area contributed by atoms with Gasteiger partial charge in [-0.3, -0.25) is 0 Å². The lowest BCUT2D eigenvalue weighted by atomic mass is 10.2. The van der Waals surface area contributed by atoms with Crippen molar-refractivity contribution in [2.75, 3.05) is 11.9 Å². The number of benzene rings is 2. The van der Waals surface area contributed by atoms with Gasteiger partial charge in [-0.1, -0.05) is 30.0 Å². The van der Waals surface area contributed by atoms with Gasteiger partial charge in [0.05, 0.1) is 12.1 Å². The molecule has 0 aliphatic heterocycles. The van der Waals surface area contributed by atoms with Gasteiger partial charge < -0.3 is 5.32 Å². The van der Waals surface area contributed by atoms with Gasteiger partial charge in [0.15, 0.2) is 0 Å². The summed E-state index contributed by atoms with van der Waals surface area (Å²) in [6.07, 6.45) is -4.30. The predicted octanol–water partition coefficient (Wildman–Crippen LogP) is 4.17. The lowest BCUT2D eigenvalue weighted by Gasteiger charge is -2.07. The van der Waals surface area contributed by atoms with E-state index in [1.807, 2.05) is 30.3 Å². The normalized spacial score (nSPS) is 10.6. The van der Waals surface area contributed by atoms with Gasteiger partial charge in [0.2, 0.25) is 0 Å². The van der Waals surface area contributed by atoms with E-state index in [1.54, 1.807) is 0 Å². The van der Waals surface area contributed by atoms with E-state index in [1.165, 1.54) is 12.1 Å². The summed E-state index contributed by atoms with van der Waals surface area (Å²) in [5.74, 6) is 5.87. The molecule has 0 saturated carbocycles. The van der Waals surface area contributed by atoms with E-state index in [9.17, 15) is 13.2 Å². The van der Waals surface area contributed by atoms with E-state index >= 15 is 0 Å². The van der Waals surface area contributed by atoms with Crippen LogP contribution >= 0.6 is 0 Å². The summed E-state index contributed by atoms with van der Waals surface area (Å²) in [7, 11) is 0. The maximum atomic E-state index is 12.4. The van der Waals surface area contributed by atoms with Crippen LogP contribution in [0, 0.1) is 11.8 Å². The quantitative estimate of drug-likeness (QED) is 0.811. The first kappa shape index (κ1) is 14.0. The Morgan fingerprint density at radius 1 is 0.900 bits per heavy atom. The standard InChI is InChI=1S/C16H12F3N/c17-16(18,19)14-8-10-15(11-9-14)20-12-4-7-13-5-2-1-3-6-13/h1-3,5-6,8-11,20H,12H2. The zero-order valence-electron chi connectivity index (χ0n) is 10.5. The summed E-state index contributed by atoms with van der Waals surface area (Å²) in [5, 5.41) is 2.95. The minimum Gasteiger partial charge on any atom is -0.374 e. The molecule has 0 saturated heterocycles. The Bertz CT molecular complexity index is 604. The van der Waals surface area contributed by atoms with Crippen LogP contribution in [0.15, 0.2) is 54.6 Å². The molecule has 1 nitrogen and oxygen atoms in total. The Balaban J connectivity index is 1.91. The van der Waals surface area contributed by atoms with Gasteiger partial charge in [0, 0.05) is 11.3 Å². The van der Waals surface area contributed by atoms with Crippen LogP contribution in [-0.2, 0) is 6.18 Å². The lowest BCUT2D eigenvalue weighted by molar-refractivity contribution is -0.137. The molecule has 0 bridgehead atoms. The van der Waals surface area contributed by atoms with Gasteiger partial charge in [-0.05, 0) is 36.4 Å². The fourth-order valence-electron chi connectivity index (χ4n) is 1.59. The van der Waals surface area contributed by atoms with E-state index in [4.69, 9.17) is 0 Å². The van der Waals surface area contributed by atoms with Crippen molar-refractivity contribution in [1.29, 1.82) is 0 Å². The Labute approximate surface area is 115 Å². The molecule has 0 aliphatic carbocycles. The third kappa shape index (κ3) is 4.06. The summed E-state index contributed by atoms with van der Waals surface area (Å²) < 4.78 is 37.1. The topological polar surface area (TPSA) is 12.0 Å². The summed E-state index contributed by atoms with van der Waals surface area (Å²) in [4.78, 5) is 0. The van der Waals surface area contributed by atoms with Crippen molar-refractivity contribution in [2.45, 2.75) is 6.18 Å². The zero-order chi connectivity index (χ0) is 14.4. The van der Waals surface area contributed by atoms with Gasteiger partial charge >= 0.3 is 6.18 Å². The molecule has 4 heteroatoms. The maximum Gasteiger partial charge on any atom is 0.416 e. The Kier molecular flexibility index (Phi) is 4.31. The predicted molar refractivity (Wildman–Crippen MR) is 73.3 cm³/mol. The fraction of sp³-hybridized carbons (Fsp3) is 0.125. The molecule has 0 fully saturated rings. The highest BCUT2D eigenvalue weighted by molar-refractivity contribution is 5.46. The number of alkyl halides is 3. The van der Waals surface area contributed by atoms with Crippen molar-refractivity contribution in [1.82, 2.24) is 0 Å². The molecule has 0 unspecified atom stereocenters. The number of rotatable bonds is 2. The molecule has 0 atom stereocenters. The first-order valence-electron chi connectivity index (χ1n) is 6.01. The molecule has 1 N–H and O–H groups in total. The second-order valence-corrected chi connectivity index (χ2v) is 4.10. The lowest BCUT2D eigenvalue weighted by Crippen LogP contribution is -2.05. The van der Waals surface area contributed by atoms with Crippen LogP contribution in [0.3, 0.4) is 0 Å². The highest BCUT2D eigenvalue weighted by Crippen LogP contribution is 2.29. The van der Waals surface area contributed by atoms with Crippen molar-refractivity contribution in [2.24, 2.45) is 0 Å². The second kappa shape index (κ2) is 6.16. The van der Waals surface area contributed by atoms with E-state index in [0.29, 0.717) is 12.2 Å². The van der Waals surface area contributed by atoms with E-state index in [-0.39, 0.29) is 0 Å². The van der Waals surface area contributed by atoms with Crippen LogP contribution in [0.5, 0.6) is 0 Å². The Morgan fingerprint density at radius 2 is 1.55 bits per heavy atom. The molecule has 0 amide bonds. The third-order valence-corrected chi connectivity index (χ3v) is 2.60. The fourth-order valence-corrected chi connectivity index (χ4v) is 1.59. The number of hydrogen-bond donors (Lipinski definition) is 1. The average molecular weight is 275 g/mol. The van der Waals surface area contributed by atoms with Crippen LogP contribution in [-0.4, -0.2) is 6.54 Å². The van der Waals surface area contributed by atoms with Gasteiger partial charge in [-0.15, -0.1) is 0 Å². The summed E-state index contributed by atoms with van der Waals surface area (Å²) in [6, 6.07) is 14.4. The largest absolute Gasteiger partial charge is 0.416 e. The highest BCUT2D eigenvalue weighted by Gasteiger charge is 2.29. The number of hydrogen-bond acceptors (Lipinski definition) is 1. The average Bonchev–Trinajstić information content (AvgIpc) is 2.44. The van der Waals surface area contributed by atoms with Crippen LogP contribution in [0.25, 0.3) is 0 Å². The summed E-state index contributed by atoms with van der Waals surface area (Å²) in [5.41, 5.74) is 0.862. The van der Waals surface area contributed by atoms with Crippen molar-refractivity contribution < 1.29 is 13.2 Å². The van der Waals surface area contributed by atoms with Crippen molar-refractivity contribution >= 4 is 5.69 Å². The van der Waals surface area contributed by atoms with Crippen LogP contribution in [0.2, 0.25) is 0 Å². The van der Waals surface area contributed by atoms with Crippen LogP contribution in [0.4, 0.5) is 18.9 Å². The Morgan fingerprint density at radius 3 is 2.15 bits per heavy atom. The molecule has 20 heavy (non-hydrogen) atoms. The first-order valence-corrected chi connectivity index (χ1v) is 6.01. The van der Waals surface area contributed by atoms with E-state index in [0.717, 1.165) is 17.7 Å². The third-order valence-electron chi connectivity index (χ3n) is 2.60. The van der Waals surface area contributed by atoms with Gasteiger partial charge in [-0.25, -0.2) is 0 Å². The van der Waals surface area contributed by atoms with Gasteiger partial charge in [0.25, 0.3) is 0 Å². The van der Waals surface area contributed by atoms with Crippen molar-refractivity contribution in [3.05, 3.63) is 65.7 Å². The summed E-state index contributed by atoms with van der Waals surface area (Å²) >= 11 is 0. The number of halogens is 3. The number of anilines is 1. The molecule has 2 aromatic rings. The van der Waals surface area contributed by atoms with Crippen LogP contribution < -0.4 is 5.32 Å². The molecule has 0 radical (unpaired) electrons. The second-order valence-electron chi connectivity index (χ2n) is 4.10. The van der Waals surface area contributed by atoms with Crippen molar-refractivity contribution in [3.8, 4) is 11.8 Å². The van der Waals surface area contributed by atoms with E-state index in [2.05, 4.69) is 17.2 Å². The monoisotopic (exact) mass is 275 g/mol. The Hall–Kier alpha value is -2.41. The highest BCUT2D eigenvalue weighted by atomic mass is 19.4. The number of nitrogens with one attached hydrogen (secondary N) is 1. The zero-order valence-corrected chi connectivity index (χ0v) is 10.5. The molecule has 0 aliphatic rings. The van der Waals surface area contributed by atoms with Crippen LogP contribution in [0.1, 0.15) is 11.1 Å². The summed E-state index contributed by atoms with van der Waals surface area (Å²) in [6.45, 7) is 0.375. The SMILES string of the molecule is FC(F)(F)c1ccc(NCC#Cc2ccccc2)cc1. The smallest absolute Gasteiger partial charge is 0.374 e. The molecule has 0 heterocycles. The molecule has 0 spiro atoms. The van der Waals surface area contributed by atoms with E-state index < -0.39 is 11.7 Å². The molecule has 102 valence electrons. The van der Waals surface area contributed by atoms with Gasteiger partial charge in [-0.2, -0.15) is 13.2 Å². The minimum absolute atomic E-state index is 0.375. The maximum absolute atomic E-state index is 12.4. The van der Waals surface area contributed by atoms with Crippen molar-refractivity contribution in [3.63, 3.8) is 0 Å². The molecule has 2 aromatic carbocycles. The minimum atomic E-state index is -4.30.